The van der Waals surface area contributed by atoms with Crippen molar-refractivity contribution in [3.8, 4) is 11.5 Å². The second-order valence-electron chi connectivity index (χ2n) is 18.4. The molecule has 1 fully saturated rings. The van der Waals surface area contributed by atoms with Crippen molar-refractivity contribution in [2.75, 3.05) is 19.6 Å². The molecule has 0 aromatic heterocycles. The van der Waals surface area contributed by atoms with Gasteiger partial charge in [-0.1, -0.05) is 73.6 Å². The van der Waals surface area contributed by atoms with E-state index in [1.807, 2.05) is 27.7 Å². The Morgan fingerprint density at radius 2 is 1.55 bits per heavy atom. The molecule has 1 aliphatic carbocycles. The lowest BCUT2D eigenvalue weighted by Gasteiger charge is -2.38. The summed E-state index contributed by atoms with van der Waals surface area (Å²) in [4.78, 5) is 50.9. The van der Waals surface area contributed by atoms with Crippen LogP contribution >= 0.6 is 0 Å². The molecule has 5 N–H and O–H groups in total. The molecule has 9 atom stereocenters. The number of fused-ring (bicyclic) bond motifs is 13. The van der Waals surface area contributed by atoms with Crippen molar-refractivity contribution in [2.45, 2.75) is 120 Å². The van der Waals surface area contributed by atoms with Gasteiger partial charge in [0.25, 0.3) is 11.7 Å². The van der Waals surface area contributed by atoms with Crippen LogP contribution in [0.1, 0.15) is 121 Å². The van der Waals surface area contributed by atoms with E-state index in [0.29, 0.717) is 35.7 Å². The molecule has 58 heavy (non-hydrogen) atoms. The first kappa shape index (κ1) is 43.3. The van der Waals surface area contributed by atoms with Gasteiger partial charge in [-0.2, -0.15) is 0 Å². The molecule has 0 radical (unpaired) electrons. The van der Waals surface area contributed by atoms with Crippen LogP contribution in [0.2, 0.25) is 0 Å². The van der Waals surface area contributed by atoms with Crippen LogP contribution in [0.4, 0.5) is 0 Å². The van der Waals surface area contributed by atoms with Gasteiger partial charge < -0.3 is 40.3 Å². The van der Waals surface area contributed by atoms with Gasteiger partial charge in [-0.15, -0.1) is 0 Å². The van der Waals surface area contributed by atoms with Crippen LogP contribution in [0.3, 0.4) is 0 Å². The maximum absolute atomic E-state index is 14.7. The van der Waals surface area contributed by atoms with E-state index < -0.39 is 47.0 Å². The summed E-state index contributed by atoms with van der Waals surface area (Å²) in [6, 6.07) is 0. The van der Waals surface area contributed by atoms with E-state index in [2.05, 4.69) is 50.2 Å². The highest BCUT2D eigenvalue weighted by Crippen LogP contribution is 2.50. The van der Waals surface area contributed by atoms with E-state index in [1.165, 1.54) is 6.92 Å². The van der Waals surface area contributed by atoms with Crippen LogP contribution in [-0.4, -0.2) is 86.7 Å². The quantitative estimate of drug-likeness (QED) is 0.228. The van der Waals surface area contributed by atoms with Crippen molar-refractivity contribution in [3.05, 3.63) is 69.3 Å². The Balaban J connectivity index is 1.49. The van der Waals surface area contributed by atoms with Crippen molar-refractivity contribution >= 4 is 23.2 Å². The fourth-order valence-corrected chi connectivity index (χ4v) is 9.26. The molecule has 12 heteroatoms. The molecule has 12 nitrogen and oxygen atoms in total. The van der Waals surface area contributed by atoms with Crippen LogP contribution in [0.15, 0.2) is 52.0 Å². The highest BCUT2D eigenvalue weighted by Gasteiger charge is 2.54. The number of hydrogen-bond donors (Lipinski definition) is 5. The number of rotatable bonds is 2. The van der Waals surface area contributed by atoms with Crippen LogP contribution in [0, 0.1) is 48.3 Å². The number of aliphatic hydroxyl groups excluding tert-OH is 2. The zero-order valence-corrected chi connectivity index (χ0v) is 36.3. The number of nitrogens with one attached hydrogen (secondary N) is 2. The van der Waals surface area contributed by atoms with E-state index >= 15 is 0 Å². The highest BCUT2D eigenvalue weighted by molar-refractivity contribution is 6.34. The lowest BCUT2D eigenvalue weighted by atomic mass is 9.71. The third kappa shape index (κ3) is 7.56. The predicted octanol–water partition coefficient (Wildman–Crippen LogP) is 6.33. The molecule has 0 unspecified atom stereocenters. The number of likely N-dealkylation sites (tertiary alicyclic amines) is 1. The van der Waals surface area contributed by atoms with Crippen LogP contribution < -0.4 is 15.4 Å². The Hall–Kier alpha value is -4.26. The summed E-state index contributed by atoms with van der Waals surface area (Å²) in [5.74, 6) is -4.15. The third-order valence-electron chi connectivity index (χ3n) is 13.9. The standard InChI is InChI=1S/C46H64N4O8/c1-22(2)20-50-18-16-46(17-19-50)48-35-32-33-40(53)31(11)42-34(32)43(55)45(12,58-42)57-21-25(5)26(6)27(7)28(8)29(9)39(52)30(10)38(51)23(3)14-13-15-24(4)44(56)47-37(41(33)54)36(35)49-46/h13-15,21-23,26-30,38-39,49,51-53H,16-20H2,1-12H3,(H,47,56)/b14-13+,24-15-,25-21+/t23-,26-,27+,28+,29-,30+,38-,39-,45-/m0/s1. The Morgan fingerprint density at radius 1 is 0.897 bits per heavy atom. The summed E-state index contributed by atoms with van der Waals surface area (Å²) in [6.07, 6.45) is 6.25. The largest absolute Gasteiger partial charge is 0.507 e. The number of aliphatic hydroxyl groups is 2. The van der Waals surface area contributed by atoms with Gasteiger partial charge in [0.1, 0.15) is 22.9 Å². The normalized spacial score (nSPS) is 35.6. The number of benzene rings is 1. The molecule has 5 bridgehead atoms. The third-order valence-corrected chi connectivity index (χ3v) is 13.9. The van der Waals surface area contributed by atoms with Crippen molar-refractivity contribution in [1.82, 2.24) is 15.5 Å². The number of phenolic OH excluding ortho intramolecular Hbond substituents is 1. The lowest BCUT2D eigenvalue weighted by Crippen LogP contribution is -2.50. The number of carbonyl (C=O) groups is 3. The summed E-state index contributed by atoms with van der Waals surface area (Å²) < 4.78 is 12.6. The maximum Gasteiger partial charge on any atom is 0.312 e. The first-order valence-electron chi connectivity index (χ1n) is 21.0. The van der Waals surface area contributed by atoms with Crippen molar-refractivity contribution in [3.63, 3.8) is 0 Å². The fraction of sp³-hybridized carbons (Fsp3) is 0.609. The first-order chi connectivity index (χ1) is 27.1. The van der Waals surface area contributed by atoms with Crippen LogP contribution in [0.25, 0.3) is 0 Å². The number of Topliss-reactive ketones (excluding diaryl/α,β-unsaturated/α-hetero) is 2. The Labute approximate surface area is 343 Å². The monoisotopic (exact) mass is 800 g/mol. The van der Waals surface area contributed by atoms with Gasteiger partial charge in [0.05, 0.1) is 41.0 Å². The Morgan fingerprint density at radius 3 is 2.19 bits per heavy atom. The summed E-state index contributed by atoms with van der Waals surface area (Å²) in [6.45, 7) is 25.5. The number of amides is 1. The number of ether oxygens (including phenoxy) is 2. The minimum atomic E-state index is -1.83. The average Bonchev–Trinajstić information content (AvgIpc) is 3.69. The van der Waals surface area contributed by atoms with Gasteiger partial charge in [0.15, 0.2) is 0 Å². The molecule has 1 saturated heterocycles. The van der Waals surface area contributed by atoms with E-state index in [0.717, 1.165) is 25.2 Å². The zero-order chi connectivity index (χ0) is 42.8. The number of ketones is 2. The van der Waals surface area contributed by atoms with E-state index in [1.54, 1.807) is 38.3 Å². The van der Waals surface area contributed by atoms with Gasteiger partial charge in [-0.25, -0.2) is 0 Å². The molecule has 7 rings (SSSR count). The number of piperidine rings is 1. The molecule has 1 aromatic carbocycles. The highest BCUT2D eigenvalue weighted by atomic mass is 16.7. The van der Waals surface area contributed by atoms with Gasteiger partial charge in [0, 0.05) is 67.9 Å². The van der Waals surface area contributed by atoms with Gasteiger partial charge in [0.2, 0.25) is 5.78 Å². The van der Waals surface area contributed by atoms with Crippen molar-refractivity contribution < 1.29 is 39.2 Å². The molecule has 1 amide bonds. The minimum Gasteiger partial charge on any atom is -0.507 e. The molecule has 316 valence electrons. The summed E-state index contributed by atoms with van der Waals surface area (Å²) in [7, 11) is 0. The summed E-state index contributed by atoms with van der Waals surface area (Å²) in [5.41, 5.74) is 1.20. The lowest BCUT2D eigenvalue weighted by molar-refractivity contribution is -0.116. The molecule has 1 spiro atoms. The Kier molecular flexibility index (Phi) is 12.0. The number of allylic oxidation sites excluding steroid dienone is 5. The van der Waals surface area contributed by atoms with Crippen molar-refractivity contribution in [2.24, 2.45) is 46.4 Å². The van der Waals surface area contributed by atoms with E-state index in [4.69, 9.17) is 14.5 Å². The first-order valence-corrected chi connectivity index (χ1v) is 21.0. The molecule has 1 aromatic rings. The molecule has 0 saturated carbocycles. The maximum atomic E-state index is 14.7. The fourth-order valence-electron chi connectivity index (χ4n) is 9.26. The number of aliphatic imine (C=N–C) groups is 1. The smallest absolute Gasteiger partial charge is 0.312 e. The topological polar surface area (TPSA) is 170 Å². The number of hydrogen-bond acceptors (Lipinski definition) is 11. The van der Waals surface area contributed by atoms with Crippen LogP contribution in [-0.2, 0) is 9.53 Å². The average molecular weight is 801 g/mol. The second-order valence-corrected chi connectivity index (χ2v) is 18.4. The zero-order valence-electron chi connectivity index (χ0n) is 36.3. The molecule has 5 aliphatic heterocycles. The van der Waals surface area contributed by atoms with Crippen LogP contribution in [0.5, 0.6) is 11.5 Å². The molecule has 6 aliphatic rings. The summed E-state index contributed by atoms with van der Waals surface area (Å²) in [5, 5.41) is 41.0. The Bertz CT molecular complexity index is 2020. The molecular weight excluding hydrogens is 737 g/mol. The van der Waals surface area contributed by atoms with Crippen molar-refractivity contribution in [1.29, 1.82) is 0 Å². The number of nitrogens with zero attached hydrogens (tertiary/aromatic N) is 2. The molecule has 5 heterocycles. The second kappa shape index (κ2) is 16.1. The predicted molar refractivity (Wildman–Crippen MR) is 223 cm³/mol. The SMILES string of the molecule is C/C1=C/C=C/[C@H](C)[C@H](O)[C@@H](C)[C@@H](O)[C@@H](C)[C@H](C)[C@H](C)[C@@H](C)/C(C)=C/O[C@@]2(C)Oc3c(C)c(O)c4c(c3C2=O)C2=NC3(CCN(CC(C)C)CC3)NC2=C(NC1=O)C4=O. The number of phenols is 1. The van der Waals surface area contributed by atoms with E-state index in [9.17, 15) is 29.7 Å². The molecular formula is C46H64N4O8. The van der Waals surface area contributed by atoms with Gasteiger partial charge >= 0.3 is 5.79 Å². The van der Waals surface area contributed by atoms with Gasteiger partial charge in [-0.3, -0.25) is 19.4 Å². The minimum absolute atomic E-state index is 0.0191. The van der Waals surface area contributed by atoms with Gasteiger partial charge in [-0.05, 0) is 55.9 Å². The summed E-state index contributed by atoms with van der Waals surface area (Å²) >= 11 is 0. The van der Waals surface area contributed by atoms with E-state index in [-0.39, 0.29) is 69.0 Å². The number of aromatic hydroxyl groups is 1. The number of carbonyl (C=O) groups excluding carboxylic acids is 3.